The van der Waals surface area contributed by atoms with Gasteiger partial charge in [0, 0.05) is 21.5 Å². The summed E-state index contributed by atoms with van der Waals surface area (Å²) in [4.78, 5) is 0. The molecule has 1 aromatic rings. The summed E-state index contributed by atoms with van der Waals surface area (Å²) in [6.45, 7) is -0.254. The Hall–Kier alpha value is -0.130. The summed E-state index contributed by atoms with van der Waals surface area (Å²) in [5.74, 6) is 0.526. The predicted molar refractivity (Wildman–Crippen MR) is 97.0 cm³/mol. The third kappa shape index (κ3) is 5.27. The maximum absolute atomic E-state index is 10.6. The molecule has 154 valence electrons. The number of halogens is 2. The Kier molecular flexibility index (Phi) is 8.63. The van der Waals surface area contributed by atoms with E-state index in [1.807, 2.05) is 0 Å². The van der Waals surface area contributed by atoms with Crippen LogP contribution in [0.4, 0.5) is 0 Å². The van der Waals surface area contributed by atoms with E-state index in [0.29, 0.717) is 10.8 Å². The van der Waals surface area contributed by atoms with Gasteiger partial charge < -0.3 is 47.4 Å². The summed E-state index contributed by atoms with van der Waals surface area (Å²) in [5.41, 5.74) is 0.723. The smallest absolute Gasteiger partial charge is 0.184 e. The predicted octanol–water partition coefficient (Wildman–Crippen LogP) is -3.81. The van der Waals surface area contributed by atoms with Gasteiger partial charge in [-0.05, 0) is 12.1 Å². The highest BCUT2D eigenvalue weighted by Gasteiger charge is 2.51. The molecule has 2 unspecified atom stereocenters. The van der Waals surface area contributed by atoms with Crippen molar-refractivity contribution in [2.24, 2.45) is 0 Å². The number of rotatable bonds is 5. The molecule has 1 aromatic carbocycles. The van der Waals surface area contributed by atoms with E-state index in [0.717, 1.165) is 5.56 Å². The van der Waals surface area contributed by atoms with Crippen LogP contribution in [0.25, 0.3) is 0 Å². The molecule has 0 aromatic heterocycles. The quantitative estimate of drug-likeness (QED) is 0.296. The van der Waals surface area contributed by atoms with Crippen molar-refractivity contribution >= 4 is 22.5 Å². The second kappa shape index (κ2) is 10.1. The molecule has 0 bridgehead atoms. The molecule has 10 heteroatoms. The van der Waals surface area contributed by atoms with Crippen LogP contribution in [-0.4, -0.2) is 86.0 Å². The van der Waals surface area contributed by atoms with Crippen LogP contribution in [0.3, 0.4) is 0 Å². The van der Waals surface area contributed by atoms with E-state index in [4.69, 9.17) is 21.1 Å². The van der Waals surface area contributed by atoms with Gasteiger partial charge in [-0.2, -0.15) is 0 Å². The van der Waals surface area contributed by atoms with Gasteiger partial charge in [0.1, 0.15) is 42.0 Å². The Balaban J connectivity index is 0.00000261. The minimum atomic E-state index is -1.02. The largest absolute Gasteiger partial charge is 1.00 e. The molecule has 3 rings (SSSR count). The Morgan fingerprint density at radius 2 is 1.81 bits per heavy atom. The second-order valence-corrected chi connectivity index (χ2v) is 9.39. The molecule has 0 amide bonds. The Morgan fingerprint density at radius 3 is 2.44 bits per heavy atom. The molecule has 2 saturated heterocycles. The van der Waals surface area contributed by atoms with Gasteiger partial charge >= 0.3 is 0 Å². The van der Waals surface area contributed by atoms with Gasteiger partial charge in [0.05, 0.1) is 13.2 Å². The first-order valence-electron chi connectivity index (χ1n) is 8.42. The third-order valence-electron chi connectivity index (χ3n) is 4.75. The number of hydrogen-bond donors (Lipinski definition) is 5. The van der Waals surface area contributed by atoms with E-state index in [1.165, 1.54) is 0 Å². The standard InChI is InChI=1S/C17H24ClO7S.ClH/c18-10-3-1-9(2-4-10)17-24-6-11(20)16(25-17)13(22)8-26-7-12(21)15(23)14(26)5-19;/h1-4,11-17,19-23H,5-8H2;1H/q+1;/p-1/t11-,12-,13-,14-,15+,16+,17?,26?;/m1./s1. The Labute approximate surface area is 171 Å². The van der Waals surface area contributed by atoms with Crippen LogP contribution < -0.4 is 12.4 Å². The molecule has 5 N–H and O–H groups in total. The van der Waals surface area contributed by atoms with Crippen molar-refractivity contribution in [2.45, 2.75) is 42.1 Å². The molecule has 27 heavy (non-hydrogen) atoms. The van der Waals surface area contributed by atoms with Crippen molar-refractivity contribution in [3.05, 3.63) is 34.9 Å². The molecule has 2 fully saturated rings. The second-order valence-electron chi connectivity index (χ2n) is 6.60. The van der Waals surface area contributed by atoms with Gasteiger partial charge in [-0.3, -0.25) is 0 Å². The lowest BCUT2D eigenvalue weighted by Crippen LogP contribution is -3.00. The molecule has 0 radical (unpaired) electrons. The summed E-state index contributed by atoms with van der Waals surface area (Å²) in [6, 6.07) is 6.91. The fourth-order valence-electron chi connectivity index (χ4n) is 3.30. The molecular weight excluding hydrogens is 419 g/mol. The zero-order valence-corrected chi connectivity index (χ0v) is 16.7. The Bertz CT molecular complexity index is 593. The van der Waals surface area contributed by atoms with Crippen LogP contribution >= 0.6 is 11.6 Å². The van der Waals surface area contributed by atoms with E-state index in [-0.39, 0.29) is 31.4 Å². The lowest BCUT2D eigenvalue weighted by Gasteiger charge is -2.36. The van der Waals surface area contributed by atoms with Gasteiger partial charge in [0.25, 0.3) is 0 Å². The molecule has 7 nitrogen and oxygen atoms in total. The maximum Gasteiger partial charge on any atom is 0.184 e. The fourth-order valence-corrected chi connectivity index (χ4v) is 6.11. The number of benzene rings is 1. The lowest BCUT2D eigenvalue weighted by molar-refractivity contribution is -0.273. The number of ether oxygens (including phenoxy) is 2. The minimum Gasteiger partial charge on any atom is -1.00 e. The average Bonchev–Trinajstić information content (AvgIpc) is 2.89. The van der Waals surface area contributed by atoms with Crippen LogP contribution in [-0.2, 0) is 20.4 Å². The van der Waals surface area contributed by atoms with Crippen molar-refractivity contribution in [3.8, 4) is 0 Å². The van der Waals surface area contributed by atoms with Crippen LogP contribution in [0.1, 0.15) is 11.9 Å². The molecule has 2 aliphatic rings. The monoisotopic (exact) mass is 442 g/mol. The molecular formula is C17H24Cl2O7S. The number of aliphatic hydroxyl groups is 5. The first-order chi connectivity index (χ1) is 12.4. The van der Waals surface area contributed by atoms with Gasteiger partial charge in [0.2, 0.25) is 0 Å². The highest BCUT2D eigenvalue weighted by molar-refractivity contribution is 7.97. The summed E-state index contributed by atoms with van der Waals surface area (Å²) in [6.07, 6.45) is -5.53. The van der Waals surface area contributed by atoms with Crippen molar-refractivity contribution in [1.82, 2.24) is 0 Å². The SMILES string of the molecule is OC[C@@H]1[C@@H](O)[C@H](O)C[S+]1C[C@@H](O)[C@H]1OC(c2ccc(Cl)cc2)OC[C@H]1O.[Cl-]. The molecule has 8 atom stereocenters. The molecule has 0 spiro atoms. The van der Waals surface area contributed by atoms with Crippen LogP contribution in [0.15, 0.2) is 24.3 Å². The highest BCUT2D eigenvalue weighted by Crippen LogP contribution is 2.31. The molecule has 2 heterocycles. The van der Waals surface area contributed by atoms with E-state index in [1.54, 1.807) is 24.3 Å². The van der Waals surface area contributed by atoms with E-state index >= 15 is 0 Å². The van der Waals surface area contributed by atoms with Crippen molar-refractivity contribution in [2.75, 3.05) is 24.7 Å². The van der Waals surface area contributed by atoms with E-state index in [9.17, 15) is 25.5 Å². The van der Waals surface area contributed by atoms with Gasteiger partial charge in [-0.25, -0.2) is 0 Å². The summed E-state index contributed by atoms with van der Waals surface area (Å²) in [7, 11) is -0.580. The molecule has 0 aliphatic carbocycles. The summed E-state index contributed by atoms with van der Waals surface area (Å²) < 4.78 is 11.3. The van der Waals surface area contributed by atoms with Crippen molar-refractivity contribution in [3.63, 3.8) is 0 Å². The van der Waals surface area contributed by atoms with E-state index < -0.39 is 53.0 Å². The van der Waals surface area contributed by atoms with Crippen molar-refractivity contribution in [1.29, 1.82) is 0 Å². The zero-order valence-electron chi connectivity index (χ0n) is 14.4. The average molecular weight is 443 g/mol. The third-order valence-corrected chi connectivity index (χ3v) is 7.83. The fraction of sp³-hybridized carbons (Fsp3) is 0.647. The topological polar surface area (TPSA) is 120 Å². The van der Waals surface area contributed by atoms with E-state index in [2.05, 4.69) is 0 Å². The zero-order chi connectivity index (χ0) is 18.8. The Morgan fingerprint density at radius 1 is 1.15 bits per heavy atom. The van der Waals surface area contributed by atoms with Crippen LogP contribution in [0, 0.1) is 0 Å². The maximum atomic E-state index is 10.6. The van der Waals surface area contributed by atoms with Crippen LogP contribution in [0.5, 0.6) is 0 Å². The summed E-state index contributed by atoms with van der Waals surface area (Å²) in [5, 5.41) is 50.1. The number of aliphatic hydroxyl groups excluding tert-OH is 5. The van der Waals surface area contributed by atoms with Gasteiger partial charge in [0.15, 0.2) is 11.5 Å². The highest BCUT2D eigenvalue weighted by atomic mass is 35.5. The minimum absolute atomic E-state index is 0. The first-order valence-corrected chi connectivity index (χ1v) is 10.4. The molecule has 0 saturated carbocycles. The van der Waals surface area contributed by atoms with Crippen molar-refractivity contribution < 1.29 is 47.4 Å². The van der Waals surface area contributed by atoms with Gasteiger partial charge in [-0.15, -0.1) is 0 Å². The normalized spacial score (nSPS) is 37.6. The van der Waals surface area contributed by atoms with Crippen LogP contribution in [0.2, 0.25) is 5.02 Å². The first kappa shape index (κ1) is 23.2. The number of hydrogen-bond acceptors (Lipinski definition) is 7. The summed E-state index contributed by atoms with van der Waals surface area (Å²) >= 11 is 5.88. The van der Waals surface area contributed by atoms with Gasteiger partial charge in [-0.1, -0.05) is 23.7 Å². The lowest BCUT2D eigenvalue weighted by atomic mass is 10.1. The molecule has 2 aliphatic heterocycles.